The molecule has 0 spiro atoms. The lowest BCUT2D eigenvalue weighted by Gasteiger charge is -2.13. The third-order valence-corrected chi connectivity index (χ3v) is 4.85. The van der Waals surface area contributed by atoms with Crippen molar-refractivity contribution in [3.05, 3.63) is 56.9 Å². The number of anilines is 1. The molecule has 3 aromatic rings. The van der Waals surface area contributed by atoms with Crippen molar-refractivity contribution in [2.45, 2.75) is 20.4 Å². The molecule has 2 amide bonds. The number of amides is 2. The van der Waals surface area contributed by atoms with E-state index in [-0.39, 0.29) is 34.9 Å². The average molecular weight is 428 g/mol. The minimum absolute atomic E-state index is 0.0657. The molecule has 0 bridgehead atoms. The first kappa shape index (κ1) is 17.3. The van der Waals surface area contributed by atoms with E-state index in [1.54, 1.807) is 13.8 Å². The molecule has 0 atom stereocenters. The summed E-state index contributed by atoms with van der Waals surface area (Å²) in [7, 11) is 0. The number of hydrogen-bond acceptors (Lipinski definition) is 7. The van der Waals surface area contributed by atoms with Gasteiger partial charge < -0.3 is 10.3 Å². The number of fused-ring (bicyclic) bond motifs is 1. The Morgan fingerprint density at radius 1 is 1.07 bits per heavy atom. The number of rotatable bonds is 3. The molecule has 136 valence electrons. The van der Waals surface area contributed by atoms with Gasteiger partial charge in [0.15, 0.2) is 11.5 Å². The van der Waals surface area contributed by atoms with Crippen LogP contribution in [0.4, 0.5) is 5.69 Å². The molecule has 4 rings (SSSR count). The highest BCUT2D eigenvalue weighted by atomic mass is 79.9. The lowest BCUT2D eigenvalue weighted by molar-refractivity contribution is 0.0642. The Bertz CT molecular complexity index is 1090. The molecule has 2 N–H and O–H groups in total. The van der Waals surface area contributed by atoms with E-state index in [9.17, 15) is 9.59 Å². The number of nitrogens with zero attached hydrogens (tertiary/aromatic N) is 4. The second kappa shape index (κ2) is 6.27. The van der Waals surface area contributed by atoms with Gasteiger partial charge in [-0.15, -0.1) is 0 Å². The van der Waals surface area contributed by atoms with E-state index in [1.165, 1.54) is 4.90 Å². The summed E-state index contributed by atoms with van der Waals surface area (Å²) in [6.07, 6.45) is 0. The number of halogens is 1. The fraction of sp³-hybridized carbons (Fsp3) is 0.167. The third-order valence-electron chi connectivity index (χ3n) is 4.32. The van der Waals surface area contributed by atoms with Gasteiger partial charge in [0.2, 0.25) is 0 Å². The van der Waals surface area contributed by atoms with E-state index in [0.717, 1.165) is 10.0 Å². The maximum atomic E-state index is 13.0. The van der Waals surface area contributed by atoms with Gasteiger partial charge in [0.05, 0.1) is 29.1 Å². The van der Waals surface area contributed by atoms with Crippen molar-refractivity contribution in [3.63, 3.8) is 0 Å². The maximum Gasteiger partial charge on any atom is 0.278 e. The Morgan fingerprint density at radius 3 is 2.37 bits per heavy atom. The van der Waals surface area contributed by atoms with Crippen LogP contribution in [0, 0.1) is 13.8 Å². The normalized spacial score (nSPS) is 13.4. The Labute approximate surface area is 162 Å². The van der Waals surface area contributed by atoms with Crippen molar-refractivity contribution < 1.29 is 14.1 Å². The van der Waals surface area contributed by atoms with E-state index < -0.39 is 11.8 Å². The Morgan fingerprint density at radius 2 is 1.74 bits per heavy atom. The van der Waals surface area contributed by atoms with Gasteiger partial charge in [-0.05, 0) is 31.5 Å². The van der Waals surface area contributed by atoms with Crippen molar-refractivity contribution in [2.24, 2.45) is 0 Å². The average Bonchev–Trinajstić information content (AvgIpc) is 3.17. The number of aromatic nitrogens is 3. The molecule has 1 aliphatic rings. The van der Waals surface area contributed by atoms with E-state index in [0.29, 0.717) is 11.5 Å². The molecule has 0 saturated heterocycles. The Hall–Kier alpha value is -3.07. The summed E-state index contributed by atoms with van der Waals surface area (Å²) in [6.45, 7) is 3.46. The third kappa shape index (κ3) is 2.80. The van der Waals surface area contributed by atoms with Gasteiger partial charge in [0, 0.05) is 4.47 Å². The lowest BCUT2D eigenvalue weighted by Crippen LogP contribution is -2.29. The molecular weight excluding hydrogens is 414 g/mol. The number of nitrogen functional groups attached to an aromatic ring is 1. The van der Waals surface area contributed by atoms with Crippen LogP contribution in [-0.4, -0.2) is 31.8 Å². The zero-order chi connectivity index (χ0) is 19.3. The van der Waals surface area contributed by atoms with Crippen LogP contribution in [-0.2, 0) is 6.54 Å². The number of benzene rings is 1. The first-order valence-electron chi connectivity index (χ1n) is 8.08. The zero-order valence-corrected chi connectivity index (χ0v) is 16.1. The summed E-state index contributed by atoms with van der Waals surface area (Å²) in [5, 5.41) is 3.72. The second-order valence-electron chi connectivity index (χ2n) is 6.18. The SMILES string of the molecule is Cc1noc(-c2nc(C)c3c(c2N)C(=O)N(Cc2ccc(Br)cc2)C3=O)n1. The van der Waals surface area contributed by atoms with Gasteiger partial charge in [-0.3, -0.25) is 14.5 Å². The monoisotopic (exact) mass is 427 g/mol. The van der Waals surface area contributed by atoms with Crippen molar-refractivity contribution in [1.82, 2.24) is 20.0 Å². The molecule has 9 heteroatoms. The van der Waals surface area contributed by atoms with Gasteiger partial charge in [0.1, 0.15) is 0 Å². The van der Waals surface area contributed by atoms with Crippen LogP contribution < -0.4 is 5.73 Å². The van der Waals surface area contributed by atoms with Crippen LogP contribution >= 0.6 is 15.9 Å². The topological polar surface area (TPSA) is 115 Å². The number of pyridine rings is 1. The van der Waals surface area contributed by atoms with Crippen LogP contribution in [0.3, 0.4) is 0 Å². The molecule has 0 radical (unpaired) electrons. The number of imide groups is 1. The van der Waals surface area contributed by atoms with Crippen LogP contribution in [0.25, 0.3) is 11.6 Å². The van der Waals surface area contributed by atoms with Crippen molar-refractivity contribution in [2.75, 3.05) is 5.73 Å². The van der Waals surface area contributed by atoms with E-state index >= 15 is 0 Å². The van der Waals surface area contributed by atoms with Crippen LogP contribution in [0.5, 0.6) is 0 Å². The molecule has 1 aromatic carbocycles. The molecular formula is C18H14BrN5O3. The molecule has 27 heavy (non-hydrogen) atoms. The van der Waals surface area contributed by atoms with Crippen molar-refractivity contribution >= 4 is 33.4 Å². The minimum Gasteiger partial charge on any atom is -0.396 e. The molecule has 0 fully saturated rings. The van der Waals surface area contributed by atoms with Gasteiger partial charge in [0.25, 0.3) is 17.7 Å². The fourth-order valence-corrected chi connectivity index (χ4v) is 3.30. The number of hydrogen-bond donors (Lipinski definition) is 1. The van der Waals surface area contributed by atoms with E-state index in [4.69, 9.17) is 10.3 Å². The first-order chi connectivity index (χ1) is 12.9. The summed E-state index contributed by atoms with van der Waals surface area (Å²) in [5.74, 6) is -0.340. The quantitative estimate of drug-likeness (QED) is 0.638. The highest BCUT2D eigenvalue weighted by molar-refractivity contribution is 9.10. The number of nitrogens with two attached hydrogens (primary N) is 1. The summed E-state index contributed by atoms with van der Waals surface area (Å²) in [5.41, 5.74) is 8.02. The predicted molar refractivity (Wildman–Crippen MR) is 99.8 cm³/mol. The summed E-state index contributed by atoms with van der Waals surface area (Å²) < 4.78 is 6.04. The van der Waals surface area contributed by atoms with Crippen LogP contribution in [0.15, 0.2) is 33.3 Å². The maximum absolute atomic E-state index is 13.0. The smallest absolute Gasteiger partial charge is 0.278 e. The number of carbonyl (C=O) groups is 2. The second-order valence-corrected chi connectivity index (χ2v) is 7.09. The summed E-state index contributed by atoms with van der Waals surface area (Å²) >= 11 is 3.36. The van der Waals surface area contributed by atoms with E-state index in [1.807, 2.05) is 24.3 Å². The number of aryl methyl sites for hydroxylation is 2. The Kier molecular flexibility index (Phi) is 4.03. The van der Waals surface area contributed by atoms with Gasteiger partial charge in [-0.1, -0.05) is 33.2 Å². The molecule has 0 unspecified atom stereocenters. The first-order valence-corrected chi connectivity index (χ1v) is 8.87. The highest BCUT2D eigenvalue weighted by Crippen LogP contribution is 2.35. The van der Waals surface area contributed by atoms with Crippen molar-refractivity contribution in [1.29, 1.82) is 0 Å². The molecule has 3 heterocycles. The summed E-state index contributed by atoms with van der Waals surface area (Å²) in [4.78, 5) is 35.4. The van der Waals surface area contributed by atoms with Gasteiger partial charge in [-0.2, -0.15) is 4.98 Å². The fourth-order valence-electron chi connectivity index (χ4n) is 3.04. The Balaban J connectivity index is 1.77. The molecule has 8 nitrogen and oxygen atoms in total. The molecule has 0 aliphatic carbocycles. The predicted octanol–water partition coefficient (Wildman–Crippen LogP) is 2.89. The van der Waals surface area contributed by atoms with Gasteiger partial charge >= 0.3 is 0 Å². The lowest BCUT2D eigenvalue weighted by atomic mass is 10.0. The summed E-state index contributed by atoms with van der Waals surface area (Å²) in [6, 6.07) is 7.39. The van der Waals surface area contributed by atoms with Crippen LogP contribution in [0.2, 0.25) is 0 Å². The van der Waals surface area contributed by atoms with Crippen LogP contribution in [0.1, 0.15) is 37.8 Å². The standard InChI is InChI=1S/C18H14BrN5O3/c1-8-12-13(14(20)15(21-8)16-22-9(2)23-27-16)18(26)24(17(12)25)7-10-3-5-11(19)6-4-10/h3-6H,7,20H2,1-2H3. The molecule has 2 aromatic heterocycles. The zero-order valence-electron chi connectivity index (χ0n) is 14.5. The van der Waals surface area contributed by atoms with Crippen molar-refractivity contribution in [3.8, 4) is 11.6 Å². The minimum atomic E-state index is -0.460. The molecule has 1 aliphatic heterocycles. The largest absolute Gasteiger partial charge is 0.396 e. The highest BCUT2D eigenvalue weighted by Gasteiger charge is 2.40. The van der Waals surface area contributed by atoms with E-state index in [2.05, 4.69) is 31.1 Å². The molecule has 0 saturated carbocycles. The number of carbonyl (C=O) groups excluding carboxylic acids is 2. The van der Waals surface area contributed by atoms with Gasteiger partial charge in [-0.25, -0.2) is 4.98 Å².